The Bertz CT molecular complexity index is 556. The van der Waals surface area contributed by atoms with Crippen LogP contribution in [0.4, 0.5) is 0 Å². The molecule has 1 saturated carbocycles. The Hall–Kier alpha value is -0.795. The molecule has 0 bridgehead atoms. The van der Waals surface area contributed by atoms with Gasteiger partial charge in [0.25, 0.3) is 0 Å². The number of hydrogen-bond donors (Lipinski definition) is 0. The Morgan fingerprint density at radius 2 is 1.60 bits per heavy atom. The van der Waals surface area contributed by atoms with Crippen LogP contribution in [-0.2, 0) is 21.1 Å². The molecule has 0 radical (unpaired) electrons. The second-order valence-corrected chi connectivity index (χ2v) is 7.79. The highest BCUT2D eigenvalue weighted by molar-refractivity contribution is 6.62. The van der Waals surface area contributed by atoms with Crippen molar-refractivity contribution in [3.63, 3.8) is 0 Å². The van der Waals surface area contributed by atoms with E-state index in [1.807, 2.05) is 0 Å². The maximum Gasteiger partial charge on any atom is 0.494 e. The highest BCUT2D eigenvalue weighted by atomic mass is 16.7. The van der Waals surface area contributed by atoms with Gasteiger partial charge in [-0.2, -0.15) is 0 Å². The SMILES string of the molecule is CC1(C)OB(c2ccc3c(c2)CCC32CC2)OC1(C)C. The first-order valence-electron chi connectivity index (χ1n) is 7.82. The normalized spacial score (nSPS) is 27.9. The molecule has 2 nitrogen and oxygen atoms in total. The predicted octanol–water partition coefficient (Wildman–Crippen LogP) is 2.96. The summed E-state index contributed by atoms with van der Waals surface area (Å²) in [4.78, 5) is 0. The van der Waals surface area contributed by atoms with Crippen molar-refractivity contribution in [1.29, 1.82) is 0 Å². The van der Waals surface area contributed by atoms with Crippen LogP contribution in [0.1, 0.15) is 58.1 Å². The molecular weight excluding hydrogens is 247 g/mol. The quantitative estimate of drug-likeness (QED) is 0.730. The van der Waals surface area contributed by atoms with Crippen LogP contribution in [0.15, 0.2) is 18.2 Å². The molecule has 1 aromatic carbocycles. The summed E-state index contributed by atoms with van der Waals surface area (Å²) < 4.78 is 12.3. The third-order valence-electron chi connectivity index (χ3n) is 5.95. The van der Waals surface area contributed by atoms with Gasteiger partial charge >= 0.3 is 7.12 Å². The fourth-order valence-corrected chi connectivity index (χ4v) is 3.64. The maximum absolute atomic E-state index is 6.16. The van der Waals surface area contributed by atoms with E-state index in [4.69, 9.17) is 9.31 Å². The molecule has 20 heavy (non-hydrogen) atoms. The summed E-state index contributed by atoms with van der Waals surface area (Å²) in [7, 11) is -0.221. The van der Waals surface area contributed by atoms with Gasteiger partial charge in [-0.1, -0.05) is 18.2 Å². The molecule has 1 spiro atoms. The van der Waals surface area contributed by atoms with E-state index in [1.165, 1.54) is 36.7 Å². The minimum Gasteiger partial charge on any atom is -0.399 e. The largest absolute Gasteiger partial charge is 0.494 e. The highest BCUT2D eigenvalue weighted by Gasteiger charge is 2.52. The van der Waals surface area contributed by atoms with E-state index in [-0.39, 0.29) is 18.3 Å². The molecule has 1 aromatic rings. The Morgan fingerprint density at radius 1 is 0.950 bits per heavy atom. The van der Waals surface area contributed by atoms with E-state index in [0.29, 0.717) is 5.41 Å². The Balaban J connectivity index is 1.65. The van der Waals surface area contributed by atoms with E-state index in [9.17, 15) is 0 Å². The third-order valence-corrected chi connectivity index (χ3v) is 5.95. The lowest BCUT2D eigenvalue weighted by molar-refractivity contribution is 0.00578. The van der Waals surface area contributed by atoms with E-state index >= 15 is 0 Å². The van der Waals surface area contributed by atoms with Gasteiger partial charge < -0.3 is 9.31 Å². The molecule has 1 heterocycles. The van der Waals surface area contributed by atoms with Crippen LogP contribution in [-0.4, -0.2) is 18.3 Å². The molecule has 1 aliphatic heterocycles. The van der Waals surface area contributed by atoms with Crippen molar-refractivity contribution in [2.45, 2.75) is 70.0 Å². The van der Waals surface area contributed by atoms with Gasteiger partial charge in [0.2, 0.25) is 0 Å². The lowest BCUT2D eigenvalue weighted by atomic mass is 9.77. The zero-order chi connectivity index (χ0) is 14.2. The second-order valence-electron chi connectivity index (χ2n) is 7.79. The molecule has 3 aliphatic rings. The Labute approximate surface area is 122 Å². The number of aryl methyl sites for hydroxylation is 1. The first-order valence-corrected chi connectivity index (χ1v) is 7.82. The van der Waals surface area contributed by atoms with Gasteiger partial charge in [0.1, 0.15) is 0 Å². The molecule has 0 atom stereocenters. The van der Waals surface area contributed by atoms with Gasteiger partial charge in [0.15, 0.2) is 0 Å². The topological polar surface area (TPSA) is 18.5 Å². The van der Waals surface area contributed by atoms with Gasteiger partial charge in [-0.05, 0) is 75.4 Å². The van der Waals surface area contributed by atoms with Crippen molar-refractivity contribution in [3.05, 3.63) is 29.3 Å². The standard InChI is InChI=1S/C17H23BO2/c1-15(2)16(3,4)20-18(19-15)13-5-6-14-12(11-13)7-8-17(14)9-10-17/h5-6,11H,7-10H2,1-4H3. The summed E-state index contributed by atoms with van der Waals surface area (Å²) in [6.07, 6.45) is 5.34. The fraction of sp³-hybridized carbons (Fsp3) is 0.647. The van der Waals surface area contributed by atoms with Crippen molar-refractivity contribution < 1.29 is 9.31 Å². The van der Waals surface area contributed by atoms with E-state index < -0.39 is 0 Å². The Morgan fingerprint density at radius 3 is 2.20 bits per heavy atom. The van der Waals surface area contributed by atoms with Gasteiger partial charge in [0, 0.05) is 0 Å². The average Bonchev–Trinajstić information content (AvgIpc) is 3.00. The summed E-state index contributed by atoms with van der Waals surface area (Å²) in [5.74, 6) is 0. The van der Waals surface area contributed by atoms with Crippen LogP contribution in [0.2, 0.25) is 0 Å². The minimum atomic E-state index is -0.256. The van der Waals surface area contributed by atoms with Crippen LogP contribution in [0.3, 0.4) is 0 Å². The molecule has 0 unspecified atom stereocenters. The van der Waals surface area contributed by atoms with Crippen LogP contribution >= 0.6 is 0 Å². The smallest absolute Gasteiger partial charge is 0.399 e. The van der Waals surface area contributed by atoms with E-state index in [0.717, 1.165) is 0 Å². The van der Waals surface area contributed by atoms with E-state index in [1.54, 1.807) is 5.56 Å². The highest BCUT2D eigenvalue weighted by Crippen LogP contribution is 2.56. The van der Waals surface area contributed by atoms with Gasteiger partial charge in [0.05, 0.1) is 11.2 Å². The number of rotatable bonds is 1. The van der Waals surface area contributed by atoms with Crippen LogP contribution in [0.25, 0.3) is 0 Å². The van der Waals surface area contributed by atoms with Crippen LogP contribution in [0, 0.1) is 0 Å². The summed E-state index contributed by atoms with van der Waals surface area (Å²) >= 11 is 0. The fourth-order valence-electron chi connectivity index (χ4n) is 3.64. The van der Waals surface area contributed by atoms with Crippen LogP contribution < -0.4 is 5.46 Å². The zero-order valence-electron chi connectivity index (χ0n) is 13.0. The second kappa shape index (κ2) is 3.69. The van der Waals surface area contributed by atoms with Crippen molar-refractivity contribution >= 4 is 12.6 Å². The van der Waals surface area contributed by atoms with Gasteiger partial charge in [-0.15, -0.1) is 0 Å². The van der Waals surface area contributed by atoms with Crippen molar-refractivity contribution in [3.8, 4) is 0 Å². The first-order chi connectivity index (χ1) is 9.33. The van der Waals surface area contributed by atoms with Crippen molar-refractivity contribution in [2.24, 2.45) is 0 Å². The van der Waals surface area contributed by atoms with Gasteiger partial charge in [-0.3, -0.25) is 0 Å². The maximum atomic E-state index is 6.16. The third kappa shape index (κ3) is 1.66. The number of fused-ring (bicyclic) bond motifs is 2. The average molecular weight is 270 g/mol. The molecular formula is C17H23BO2. The van der Waals surface area contributed by atoms with Gasteiger partial charge in [-0.25, -0.2) is 0 Å². The number of benzene rings is 1. The summed E-state index contributed by atoms with van der Waals surface area (Å²) in [5, 5.41) is 0. The molecule has 3 heteroatoms. The van der Waals surface area contributed by atoms with Crippen LogP contribution in [0.5, 0.6) is 0 Å². The van der Waals surface area contributed by atoms with Crippen molar-refractivity contribution in [2.75, 3.05) is 0 Å². The molecule has 2 fully saturated rings. The molecule has 1 saturated heterocycles. The minimum absolute atomic E-state index is 0.221. The molecule has 0 aromatic heterocycles. The van der Waals surface area contributed by atoms with Crippen molar-refractivity contribution in [1.82, 2.24) is 0 Å². The zero-order valence-corrected chi connectivity index (χ0v) is 13.0. The summed E-state index contributed by atoms with van der Waals surface area (Å²) in [6.45, 7) is 8.44. The Kier molecular flexibility index (Phi) is 2.38. The summed E-state index contributed by atoms with van der Waals surface area (Å²) in [6, 6.07) is 6.87. The molecule has 0 amide bonds. The van der Waals surface area contributed by atoms with E-state index in [2.05, 4.69) is 45.9 Å². The number of hydrogen-bond acceptors (Lipinski definition) is 2. The molecule has 2 aliphatic carbocycles. The predicted molar refractivity (Wildman–Crippen MR) is 81.4 cm³/mol. The lowest BCUT2D eigenvalue weighted by Gasteiger charge is -2.32. The molecule has 106 valence electrons. The molecule has 4 rings (SSSR count). The first kappa shape index (κ1) is 12.9. The lowest BCUT2D eigenvalue weighted by Crippen LogP contribution is -2.41. The molecule has 0 N–H and O–H groups in total. The summed E-state index contributed by atoms with van der Waals surface area (Å²) in [5.41, 5.74) is 4.35. The monoisotopic (exact) mass is 270 g/mol.